The molecule has 1 N–H and O–H groups in total. The second-order valence-corrected chi connectivity index (χ2v) is 8.30. The minimum atomic E-state index is -0.953. The molecular formula is C21H21N3O2S. The Morgan fingerprint density at radius 3 is 2.67 bits per heavy atom. The normalized spacial score (nSPS) is 15.6. The van der Waals surface area contributed by atoms with E-state index in [0.717, 1.165) is 33.6 Å². The molecule has 2 aromatic carbocycles. The molecule has 1 unspecified atom stereocenters. The summed E-state index contributed by atoms with van der Waals surface area (Å²) in [5, 5.41) is 7.71. The van der Waals surface area contributed by atoms with Crippen LogP contribution in [0.4, 0.5) is 5.82 Å². The van der Waals surface area contributed by atoms with Crippen LogP contribution in [-0.2, 0) is 33.5 Å². The van der Waals surface area contributed by atoms with Gasteiger partial charge in [0, 0.05) is 16.4 Å². The Morgan fingerprint density at radius 1 is 1.11 bits per heavy atom. The number of amides is 1. The van der Waals surface area contributed by atoms with Crippen molar-refractivity contribution in [1.82, 2.24) is 9.78 Å². The summed E-state index contributed by atoms with van der Waals surface area (Å²) >= 11 is 0. The van der Waals surface area contributed by atoms with Crippen LogP contribution in [0.1, 0.15) is 27.9 Å². The van der Waals surface area contributed by atoms with E-state index in [-0.39, 0.29) is 12.3 Å². The van der Waals surface area contributed by atoms with Gasteiger partial charge in [0.2, 0.25) is 5.91 Å². The van der Waals surface area contributed by atoms with E-state index in [9.17, 15) is 9.00 Å². The van der Waals surface area contributed by atoms with Gasteiger partial charge in [-0.15, -0.1) is 0 Å². The van der Waals surface area contributed by atoms with E-state index in [1.165, 1.54) is 0 Å². The van der Waals surface area contributed by atoms with Crippen LogP contribution in [-0.4, -0.2) is 19.9 Å². The van der Waals surface area contributed by atoms with E-state index < -0.39 is 10.8 Å². The third-order valence-electron chi connectivity index (χ3n) is 4.94. The summed E-state index contributed by atoms with van der Waals surface area (Å²) in [6.45, 7) is 4.10. The van der Waals surface area contributed by atoms with Gasteiger partial charge in [-0.05, 0) is 36.6 Å². The van der Waals surface area contributed by atoms with Crippen LogP contribution in [0, 0.1) is 13.8 Å². The van der Waals surface area contributed by atoms with Crippen molar-refractivity contribution in [2.45, 2.75) is 31.8 Å². The van der Waals surface area contributed by atoms with Crippen molar-refractivity contribution in [3.05, 3.63) is 76.5 Å². The zero-order valence-electron chi connectivity index (χ0n) is 15.4. The highest BCUT2D eigenvalue weighted by Crippen LogP contribution is 2.32. The molecule has 0 saturated heterocycles. The molecule has 0 fully saturated rings. The molecule has 0 saturated carbocycles. The van der Waals surface area contributed by atoms with E-state index in [1.807, 2.05) is 49.4 Å². The van der Waals surface area contributed by atoms with E-state index in [1.54, 1.807) is 4.68 Å². The SMILES string of the molecule is Cc1cccc(-n2nc3c(c2NC(=O)Cc2ccccc2)CS(=O)C3)c1C. The van der Waals surface area contributed by atoms with Gasteiger partial charge in [-0.25, -0.2) is 4.68 Å². The summed E-state index contributed by atoms with van der Waals surface area (Å²) < 4.78 is 13.8. The van der Waals surface area contributed by atoms with Crippen molar-refractivity contribution in [2.24, 2.45) is 0 Å². The molecule has 0 radical (unpaired) electrons. The average molecular weight is 379 g/mol. The molecule has 0 spiro atoms. The van der Waals surface area contributed by atoms with Crippen LogP contribution in [0.15, 0.2) is 48.5 Å². The summed E-state index contributed by atoms with van der Waals surface area (Å²) in [5.41, 5.74) is 5.85. The summed E-state index contributed by atoms with van der Waals surface area (Å²) in [4.78, 5) is 12.7. The molecule has 27 heavy (non-hydrogen) atoms. The molecule has 3 aromatic rings. The lowest BCUT2D eigenvalue weighted by Gasteiger charge is -2.14. The molecule has 1 aliphatic rings. The predicted octanol–water partition coefficient (Wildman–Crippen LogP) is 3.43. The molecule has 0 bridgehead atoms. The van der Waals surface area contributed by atoms with Crippen LogP contribution in [0.3, 0.4) is 0 Å². The zero-order valence-corrected chi connectivity index (χ0v) is 16.2. The second-order valence-electron chi connectivity index (χ2n) is 6.84. The second kappa shape index (κ2) is 7.12. The van der Waals surface area contributed by atoms with Crippen LogP contribution >= 0.6 is 0 Å². The van der Waals surface area contributed by atoms with Gasteiger partial charge in [-0.1, -0.05) is 42.5 Å². The monoisotopic (exact) mass is 379 g/mol. The minimum absolute atomic E-state index is 0.104. The van der Waals surface area contributed by atoms with Crippen LogP contribution in [0.5, 0.6) is 0 Å². The summed E-state index contributed by atoms with van der Waals surface area (Å²) in [6, 6.07) is 15.7. The van der Waals surface area contributed by atoms with Crippen LogP contribution < -0.4 is 5.32 Å². The van der Waals surface area contributed by atoms with Gasteiger partial charge in [0.15, 0.2) is 0 Å². The van der Waals surface area contributed by atoms with Gasteiger partial charge in [-0.3, -0.25) is 9.00 Å². The van der Waals surface area contributed by atoms with Gasteiger partial charge >= 0.3 is 0 Å². The number of fused-ring (bicyclic) bond motifs is 1. The number of carbonyl (C=O) groups excluding carboxylic acids is 1. The largest absolute Gasteiger partial charge is 0.310 e. The predicted molar refractivity (Wildman–Crippen MR) is 107 cm³/mol. The first-order chi connectivity index (χ1) is 13.0. The molecule has 1 aromatic heterocycles. The van der Waals surface area contributed by atoms with Crippen molar-refractivity contribution < 1.29 is 9.00 Å². The van der Waals surface area contributed by atoms with Gasteiger partial charge in [-0.2, -0.15) is 5.10 Å². The lowest BCUT2D eigenvalue weighted by molar-refractivity contribution is -0.115. The standard InChI is InChI=1S/C21H21N3O2S/c1-14-7-6-10-19(15(14)2)24-21(17-12-27(26)13-18(17)23-24)22-20(25)11-16-8-4-3-5-9-16/h3-10H,11-13H2,1-2H3,(H,22,25). The fourth-order valence-electron chi connectivity index (χ4n) is 3.35. The number of hydrogen-bond donors (Lipinski definition) is 1. The molecule has 1 atom stereocenters. The minimum Gasteiger partial charge on any atom is -0.310 e. The van der Waals surface area contributed by atoms with Crippen molar-refractivity contribution in [3.8, 4) is 5.69 Å². The maximum absolute atomic E-state index is 12.7. The zero-order chi connectivity index (χ0) is 19.0. The maximum atomic E-state index is 12.7. The highest BCUT2D eigenvalue weighted by atomic mass is 32.2. The first-order valence-corrected chi connectivity index (χ1v) is 10.4. The molecule has 6 heteroatoms. The van der Waals surface area contributed by atoms with Gasteiger partial charge in [0.05, 0.1) is 29.3 Å². The van der Waals surface area contributed by atoms with Gasteiger partial charge < -0.3 is 5.32 Å². The molecule has 138 valence electrons. The highest BCUT2D eigenvalue weighted by Gasteiger charge is 2.28. The summed E-state index contributed by atoms with van der Waals surface area (Å²) in [7, 11) is -0.953. The first-order valence-electron chi connectivity index (χ1n) is 8.89. The van der Waals surface area contributed by atoms with Crippen LogP contribution in [0.2, 0.25) is 0 Å². The molecule has 4 rings (SSSR count). The number of rotatable bonds is 4. The number of carbonyl (C=O) groups is 1. The number of benzene rings is 2. The fourth-order valence-corrected chi connectivity index (χ4v) is 4.62. The van der Waals surface area contributed by atoms with Crippen molar-refractivity contribution in [3.63, 3.8) is 0 Å². The molecule has 5 nitrogen and oxygen atoms in total. The summed E-state index contributed by atoms with van der Waals surface area (Å²) in [6.07, 6.45) is 0.288. The molecule has 1 amide bonds. The van der Waals surface area contributed by atoms with Crippen LogP contribution in [0.25, 0.3) is 5.69 Å². The molecular weight excluding hydrogens is 358 g/mol. The van der Waals surface area contributed by atoms with Gasteiger partial charge in [0.25, 0.3) is 0 Å². The molecule has 2 heterocycles. The molecule has 1 aliphatic heterocycles. The van der Waals surface area contributed by atoms with E-state index >= 15 is 0 Å². The lowest BCUT2D eigenvalue weighted by atomic mass is 10.1. The molecule has 0 aliphatic carbocycles. The maximum Gasteiger partial charge on any atom is 0.229 e. The van der Waals surface area contributed by atoms with Crippen molar-refractivity contribution in [1.29, 1.82) is 0 Å². The van der Waals surface area contributed by atoms with E-state index in [2.05, 4.69) is 23.4 Å². The third kappa shape index (κ3) is 3.45. The number of nitrogens with one attached hydrogen (secondary N) is 1. The van der Waals surface area contributed by atoms with E-state index in [0.29, 0.717) is 17.3 Å². The van der Waals surface area contributed by atoms with Crippen molar-refractivity contribution in [2.75, 3.05) is 5.32 Å². The number of aryl methyl sites for hydroxylation is 1. The number of hydrogen-bond acceptors (Lipinski definition) is 3. The highest BCUT2D eigenvalue weighted by molar-refractivity contribution is 7.83. The number of nitrogens with zero attached hydrogens (tertiary/aromatic N) is 2. The lowest BCUT2D eigenvalue weighted by Crippen LogP contribution is -2.18. The average Bonchev–Trinajstić information content (AvgIpc) is 3.15. The Balaban J connectivity index is 1.71. The van der Waals surface area contributed by atoms with Gasteiger partial charge in [0.1, 0.15) is 5.82 Å². The Bertz CT molecular complexity index is 1040. The Morgan fingerprint density at radius 2 is 1.89 bits per heavy atom. The van der Waals surface area contributed by atoms with E-state index in [4.69, 9.17) is 0 Å². The Hall–Kier alpha value is -2.73. The quantitative estimate of drug-likeness (QED) is 0.755. The Labute approximate surface area is 160 Å². The number of anilines is 1. The topological polar surface area (TPSA) is 64.0 Å². The summed E-state index contributed by atoms with van der Waals surface area (Å²) in [5.74, 6) is 1.41. The third-order valence-corrected chi connectivity index (χ3v) is 6.15. The smallest absolute Gasteiger partial charge is 0.229 e. The fraction of sp³-hybridized carbons (Fsp3) is 0.238. The number of aromatic nitrogens is 2. The van der Waals surface area contributed by atoms with Crippen molar-refractivity contribution >= 4 is 22.5 Å². The Kier molecular flexibility index (Phi) is 4.66. The first kappa shape index (κ1) is 17.7.